The van der Waals surface area contributed by atoms with Gasteiger partial charge < -0.3 is 4.90 Å². The summed E-state index contributed by atoms with van der Waals surface area (Å²) < 4.78 is 0. The number of halogens is 2. The van der Waals surface area contributed by atoms with Crippen LogP contribution in [0.25, 0.3) is 0 Å². The van der Waals surface area contributed by atoms with E-state index in [2.05, 4.69) is 9.89 Å². The van der Waals surface area contributed by atoms with Crippen molar-refractivity contribution in [3.8, 4) is 0 Å². The summed E-state index contributed by atoms with van der Waals surface area (Å²) in [7, 11) is 0. The summed E-state index contributed by atoms with van der Waals surface area (Å²) in [6, 6.07) is 5.40. The monoisotopic (exact) mass is 242 g/mol. The van der Waals surface area contributed by atoms with Crippen molar-refractivity contribution in [2.24, 2.45) is 4.99 Å². The highest BCUT2D eigenvalue weighted by atomic mass is 35.5. The molecule has 1 aliphatic rings. The molecule has 0 spiro atoms. The molecule has 0 N–H and O–H groups in total. The normalized spacial score (nSPS) is 16.5. The van der Waals surface area contributed by atoms with Gasteiger partial charge in [0.2, 0.25) is 0 Å². The van der Waals surface area contributed by atoms with E-state index in [-0.39, 0.29) is 0 Å². The van der Waals surface area contributed by atoms with E-state index in [1.165, 1.54) is 12.8 Å². The van der Waals surface area contributed by atoms with Crippen LogP contribution in [0.2, 0.25) is 10.0 Å². The van der Waals surface area contributed by atoms with Crippen LogP contribution in [0.1, 0.15) is 12.8 Å². The molecule has 0 atom stereocenters. The first-order chi connectivity index (χ1) is 7.25. The summed E-state index contributed by atoms with van der Waals surface area (Å²) in [5, 5.41) is 1.12. The molecule has 0 unspecified atom stereocenters. The zero-order valence-electron chi connectivity index (χ0n) is 8.29. The second-order valence-electron chi connectivity index (χ2n) is 3.59. The van der Waals surface area contributed by atoms with Gasteiger partial charge in [0.25, 0.3) is 0 Å². The molecule has 0 aromatic heterocycles. The van der Waals surface area contributed by atoms with Crippen LogP contribution in [-0.2, 0) is 0 Å². The second kappa shape index (κ2) is 4.86. The second-order valence-corrected chi connectivity index (χ2v) is 4.40. The first-order valence-electron chi connectivity index (χ1n) is 4.99. The number of benzene rings is 1. The lowest BCUT2D eigenvalue weighted by Gasteiger charge is -2.08. The van der Waals surface area contributed by atoms with Crippen LogP contribution in [0, 0.1) is 0 Å². The molecule has 1 aliphatic heterocycles. The minimum atomic E-state index is 0.549. The van der Waals surface area contributed by atoms with Gasteiger partial charge in [-0.3, -0.25) is 0 Å². The Morgan fingerprint density at radius 3 is 2.53 bits per heavy atom. The van der Waals surface area contributed by atoms with Crippen LogP contribution >= 0.6 is 23.2 Å². The molecule has 0 saturated carbocycles. The Morgan fingerprint density at radius 2 is 1.87 bits per heavy atom. The zero-order chi connectivity index (χ0) is 10.7. The molecule has 1 fully saturated rings. The number of rotatable bonds is 2. The lowest BCUT2D eigenvalue weighted by atomic mass is 10.3. The Hall–Kier alpha value is -0.730. The third-order valence-electron chi connectivity index (χ3n) is 2.41. The minimum Gasteiger partial charge on any atom is -0.363 e. The smallest absolute Gasteiger partial charge is 0.0912 e. The van der Waals surface area contributed by atoms with Gasteiger partial charge in [-0.05, 0) is 31.0 Å². The van der Waals surface area contributed by atoms with Crippen molar-refractivity contribution in [2.75, 3.05) is 13.1 Å². The molecule has 1 heterocycles. The highest BCUT2D eigenvalue weighted by Crippen LogP contribution is 2.26. The van der Waals surface area contributed by atoms with Gasteiger partial charge in [-0.25, -0.2) is 4.99 Å². The van der Waals surface area contributed by atoms with Crippen molar-refractivity contribution in [1.82, 2.24) is 4.90 Å². The summed E-state index contributed by atoms with van der Waals surface area (Å²) in [5.41, 5.74) is 0.844. The average molecular weight is 243 g/mol. The average Bonchev–Trinajstić information content (AvgIpc) is 2.73. The Bertz CT molecular complexity index is 371. The fourth-order valence-electron chi connectivity index (χ4n) is 1.57. The van der Waals surface area contributed by atoms with Crippen molar-refractivity contribution in [1.29, 1.82) is 0 Å². The van der Waals surface area contributed by atoms with Crippen molar-refractivity contribution in [3.05, 3.63) is 28.2 Å². The molecule has 1 aromatic carbocycles. The molecule has 0 radical (unpaired) electrons. The lowest BCUT2D eigenvalue weighted by molar-refractivity contribution is 0.536. The van der Waals surface area contributed by atoms with E-state index in [1.807, 2.05) is 12.4 Å². The van der Waals surface area contributed by atoms with Crippen molar-refractivity contribution >= 4 is 35.2 Å². The third-order valence-corrected chi connectivity index (χ3v) is 3.15. The maximum Gasteiger partial charge on any atom is 0.0912 e. The predicted octanol–water partition coefficient (Wildman–Crippen LogP) is 3.75. The fraction of sp³-hybridized carbons (Fsp3) is 0.364. The molecule has 2 rings (SSSR count). The van der Waals surface area contributed by atoms with E-state index >= 15 is 0 Å². The zero-order valence-corrected chi connectivity index (χ0v) is 9.80. The quantitative estimate of drug-likeness (QED) is 0.570. The van der Waals surface area contributed by atoms with Crippen LogP contribution in [0.15, 0.2) is 23.2 Å². The van der Waals surface area contributed by atoms with Gasteiger partial charge in [0, 0.05) is 13.1 Å². The molecule has 15 heavy (non-hydrogen) atoms. The van der Waals surface area contributed by atoms with Crippen LogP contribution in [0.3, 0.4) is 0 Å². The lowest BCUT2D eigenvalue weighted by Crippen LogP contribution is -2.15. The summed E-state index contributed by atoms with van der Waals surface area (Å²) in [6.07, 6.45) is 4.40. The number of aliphatic imine (C=N–C) groups is 1. The van der Waals surface area contributed by atoms with Gasteiger partial charge >= 0.3 is 0 Å². The Balaban J connectivity index is 2.06. The third kappa shape index (κ3) is 2.86. The molecule has 0 amide bonds. The Labute approximate surface area is 99.5 Å². The van der Waals surface area contributed by atoms with E-state index in [0.717, 1.165) is 18.8 Å². The van der Waals surface area contributed by atoms with Crippen LogP contribution in [0.5, 0.6) is 0 Å². The molecular formula is C11H12Cl2N2. The number of nitrogens with zero attached hydrogens (tertiary/aromatic N) is 2. The molecule has 80 valence electrons. The Morgan fingerprint density at radius 1 is 1.13 bits per heavy atom. The van der Waals surface area contributed by atoms with E-state index in [1.54, 1.807) is 12.1 Å². The van der Waals surface area contributed by atoms with Crippen LogP contribution < -0.4 is 0 Å². The summed E-state index contributed by atoms with van der Waals surface area (Å²) in [6.45, 7) is 2.20. The molecule has 4 heteroatoms. The Kier molecular flexibility index (Phi) is 3.49. The van der Waals surface area contributed by atoms with E-state index < -0.39 is 0 Å². The van der Waals surface area contributed by atoms with Crippen molar-refractivity contribution < 1.29 is 0 Å². The number of hydrogen-bond acceptors (Lipinski definition) is 1. The molecular weight excluding hydrogens is 231 g/mol. The molecule has 0 aliphatic carbocycles. The van der Waals surface area contributed by atoms with Gasteiger partial charge in [0.15, 0.2) is 0 Å². The molecule has 1 saturated heterocycles. The number of likely N-dealkylation sites (tertiary alicyclic amines) is 1. The largest absolute Gasteiger partial charge is 0.363 e. The van der Waals surface area contributed by atoms with Crippen molar-refractivity contribution in [3.63, 3.8) is 0 Å². The van der Waals surface area contributed by atoms with E-state index in [0.29, 0.717) is 10.0 Å². The molecule has 0 bridgehead atoms. The summed E-state index contributed by atoms with van der Waals surface area (Å²) >= 11 is 11.7. The van der Waals surface area contributed by atoms with Gasteiger partial charge in [0.1, 0.15) is 0 Å². The van der Waals surface area contributed by atoms with Gasteiger partial charge in [-0.2, -0.15) is 0 Å². The maximum absolute atomic E-state index is 5.89. The topological polar surface area (TPSA) is 15.6 Å². The standard InChI is InChI=1S/C11H12Cl2N2/c12-10-4-3-9(7-11(10)13)14-8-15-5-1-2-6-15/h3-4,7-8H,1-2,5-6H2. The SMILES string of the molecule is Clc1ccc(N=CN2CCCC2)cc1Cl. The van der Waals surface area contributed by atoms with Gasteiger partial charge in [0.05, 0.1) is 22.1 Å². The van der Waals surface area contributed by atoms with Gasteiger partial charge in [-0.15, -0.1) is 0 Å². The summed E-state index contributed by atoms with van der Waals surface area (Å²) in [5.74, 6) is 0. The predicted molar refractivity (Wildman–Crippen MR) is 65.4 cm³/mol. The fourth-order valence-corrected chi connectivity index (χ4v) is 1.86. The molecule has 2 nitrogen and oxygen atoms in total. The van der Waals surface area contributed by atoms with Crippen molar-refractivity contribution in [2.45, 2.75) is 12.8 Å². The first kappa shape index (κ1) is 10.8. The van der Waals surface area contributed by atoms with E-state index in [4.69, 9.17) is 23.2 Å². The first-order valence-corrected chi connectivity index (χ1v) is 5.74. The van der Waals surface area contributed by atoms with Crippen LogP contribution in [-0.4, -0.2) is 24.3 Å². The van der Waals surface area contributed by atoms with Crippen LogP contribution in [0.4, 0.5) is 5.69 Å². The van der Waals surface area contributed by atoms with E-state index in [9.17, 15) is 0 Å². The maximum atomic E-state index is 5.89. The minimum absolute atomic E-state index is 0.549. The number of hydrogen-bond donors (Lipinski definition) is 0. The molecule has 1 aromatic rings. The highest BCUT2D eigenvalue weighted by molar-refractivity contribution is 6.42. The highest BCUT2D eigenvalue weighted by Gasteiger charge is 2.06. The summed E-state index contributed by atoms with van der Waals surface area (Å²) in [4.78, 5) is 6.56. The van der Waals surface area contributed by atoms with Gasteiger partial charge in [-0.1, -0.05) is 23.2 Å².